The van der Waals surface area contributed by atoms with E-state index in [1.165, 1.54) is 0 Å². The molecule has 0 atom stereocenters. The normalized spacial score (nSPS) is 10.7. The van der Waals surface area contributed by atoms with Crippen molar-refractivity contribution in [2.24, 2.45) is 0 Å². The van der Waals surface area contributed by atoms with E-state index in [-0.39, 0.29) is 17.7 Å². The summed E-state index contributed by atoms with van der Waals surface area (Å²) in [6, 6.07) is 0.903. The van der Waals surface area contributed by atoms with Gasteiger partial charge in [0.1, 0.15) is 11.5 Å². The van der Waals surface area contributed by atoms with Crippen LogP contribution in [-0.4, -0.2) is 18.1 Å². The second-order valence-corrected chi connectivity index (χ2v) is 3.41. The molecule has 3 nitrogen and oxygen atoms in total. The van der Waals surface area contributed by atoms with Crippen molar-refractivity contribution in [2.45, 2.75) is 18.7 Å². The summed E-state index contributed by atoms with van der Waals surface area (Å²) in [6.45, 7) is 0. The molecule has 0 N–H and O–H groups in total. The van der Waals surface area contributed by atoms with Gasteiger partial charge in [0, 0.05) is 5.56 Å². The number of hydrogen-bond acceptors (Lipinski definition) is 3. The zero-order valence-electron chi connectivity index (χ0n) is 8.84. The van der Waals surface area contributed by atoms with Crippen LogP contribution in [0.1, 0.15) is 23.4 Å². The first-order chi connectivity index (χ1) is 7.99. The van der Waals surface area contributed by atoms with E-state index in [0.29, 0.717) is 0 Å². The highest BCUT2D eigenvalue weighted by molar-refractivity contribution is 6.17. The van der Waals surface area contributed by atoms with E-state index in [2.05, 4.69) is 9.72 Å². The Morgan fingerprint density at radius 3 is 2.71 bits per heavy atom. The molecule has 0 bridgehead atoms. The van der Waals surface area contributed by atoms with Crippen LogP contribution in [0.3, 0.4) is 0 Å². The van der Waals surface area contributed by atoms with Crippen molar-refractivity contribution in [1.82, 2.24) is 4.98 Å². The molecule has 7 heteroatoms. The Hall–Kier alpha value is -1.30. The van der Waals surface area contributed by atoms with E-state index in [1.807, 2.05) is 0 Å². The van der Waals surface area contributed by atoms with E-state index in [0.717, 1.165) is 13.2 Å². The van der Waals surface area contributed by atoms with Crippen molar-refractivity contribution in [1.29, 1.82) is 0 Å². The maximum absolute atomic E-state index is 13.4. The Labute approximate surface area is 101 Å². The molecule has 0 radical (unpaired) electrons. The molecule has 1 rings (SSSR count). The molecule has 0 saturated heterocycles. The van der Waals surface area contributed by atoms with Crippen molar-refractivity contribution in [3.05, 3.63) is 28.8 Å². The molecular formula is C10H9ClF3NO2. The summed E-state index contributed by atoms with van der Waals surface area (Å²) < 4.78 is 42.9. The summed E-state index contributed by atoms with van der Waals surface area (Å²) in [7, 11) is 1.14. The Bertz CT molecular complexity index is 426. The monoisotopic (exact) mass is 267 g/mol. The van der Waals surface area contributed by atoms with Crippen molar-refractivity contribution in [3.8, 4) is 0 Å². The molecule has 0 unspecified atom stereocenters. The molecule has 0 amide bonds. The summed E-state index contributed by atoms with van der Waals surface area (Å²) in [6.07, 6.45) is -3.31. The lowest BCUT2D eigenvalue weighted by molar-refractivity contribution is -0.139. The molecule has 1 aromatic heterocycles. The Balaban J connectivity index is 3.15. The number of carbonyl (C=O) groups excluding carboxylic acids is 1. The van der Waals surface area contributed by atoms with Gasteiger partial charge >= 0.3 is 5.97 Å². The van der Waals surface area contributed by atoms with Crippen LogP contribution >= 0.6 is 11.6 Å². The average molecular weight is 268 g/mol. The third kappa shape index (κ3) is 3.33. The highest BCUT2D eigenvalue weighted by Crippen LogP contribution is 2.25. The van der Waals surface area contributed by atoms with Crippen molar-refractivity contribution < 1.29 is 22.7 Å². The van der Waals surface area contributed by atoms with Crippen LogP contribution < -0.4 is 0 Å². The molecule has 1 heterocycles. The molecule has 0 aliphatic heterocycles. The van der Waals surface area contributed by atoms with Gasteiger partial charge in [0.2, 0.25) is 0 Å². The lowest BCUT2D eigenvalue weighted by Gasteiger charge is -2.09. The molecular weight excluding hydrogens is 259 g/mol. The minimum absolute atomic E-state index is 0.112. The Morgan fingerprint density at radius 1 is 1.59 bits per heavy atom. The number of esters is 1. The average Bonchev–Trinajstić information content (AvgIpc) is 2.28. The number of alkyl halides is 3. The first-order valence-electron chi connectivity index (χ1n) is 4.58. The number of hydrogen-bond donors (Lipinski definition) is 0. The third-order valence-electron chi connectivity index (χ3n) is 2.05. The van der Waals surface area contributed by atoms with Gasteiger partial charge in [-0.1, -0.05) is 0 Å². The van der Waals surface area contributed by atoms with Gasteiger partial charge in [-0.25, -0.2) is 13.2 Å². The molecule has 0 fully saturated rings. The SMILES string of the molecule is COC(=O)Cc1cc(F)c(CCl)c(C(F)F)n1. The standard InChI is InChI=1S/C10H9ClF3NO2/c1-17-8(16)3-5-2-7(12)6(4-11)9(15-5)10(13)14/h2,10H,3-4H2,1H3. The second-order valence-electron chi connectivity index (χ2n) is 3.15. The predicted molar refractivity (Wildman–Crippen MR) is 54.4 cm³/mol. The Morgan fingerprint density at radius 2 is 2.24 bits per heavy atom. The van der Waals surface area contributed by atoms with Crippen LogP contribution in [0.25, 0.3) is 0 Å². The molecule has 0 spiro atoms. The maximum Gasteiger partial charge on any atom is 0.311 e. The summed E-state index contributed by atoms with van der Waals surface area (Å²) >= 11 is 5.36. The van der Waals surface area contributed by atoms with Crippen LogP contribution in [0.2, 0.25) is 0 Å². The summed E-state index contributed by atoms with van der Waals surface area (Å²) in [5.74, 6) is -1.99. The van der Waals surface area contributed by atoms with Gasteiger partial charge in [-0.05, 0) is 6.07 Å². The molecule has 0 saturated carbocycles. The summed E-state index contributed by atoms with van der Waals surface area (Å²) in [5, 5.41) is 0. The van der Waals surface area contributed by atoms with Gasteiger partial charge in [-0.15, -0.1) is 11.6 Å². The zero-order chi connectivity index (χ0) is 13.0. The molecule has 0 aliphatic carbocycles. The van der Waals surface area contributed by atoms with Gasteiger partial charge in [-0.3, -0.25) is 9.78 Å². The number of methoxy groups -OCH3 is 1. The highest BCUT2D eigenvalue weighted by Gasteiger charge is 2.20. The third-order valence-corrected chi connectivity index (χ3v) is 2.32. The zero-order valence-corrected chi connectivity index (χ0v) is 9.60. The van der Waals surface area contributed by atoms with Gasteiger partial charge in [-0.2, -0.15) is 0 Å². The van der Waals surface area contributed by atoms with Gasteiger partial charge in [0.15, 0.2) is 0 Å². The lowest BCUT2D eigenvalue weighted by atomic mass is 10.1. The van der Waals surface area contributed by atoms with Gasteiger partial charge in [0.05, 0.1) is 25.1 Å². The van der Waals surface area contributed by atoms with Crippen LogP contribution in [0, 0.1) is 5.82 Å². The molecule has 17 heavy (non-hydrogen) atoms. The minimum atomic E-state index is -2.95. The van der Waals surface area contributed by atoms with Crippen LogP contribution in [0.5, 0.6) is 0 Å². The van der Waals surface area contributed by atoms with Crippen LogP contribution in [-0.2, 0) is 21.8 Å². The summed E-state index contributed by atoms with van der Waals surface area (Å²) in [5.41, 5.74) is -1.20. The first kappa shape index (κ1) is 13.8. The molecule has 0 aromatic carbocycles. The van der Waals surface area contributed by atoms with E-state index < -0.39 is 29.8 Å². The minimum Gasteiger partial charge on any atom is -0.469 e. The first-order valence-corrected chi connectivity index (χ1v) is 5.12. The molecule has 0 aliphatic rings. The molecule has 1 aromatic rings. The summed E-state index contributed by atoms with van der Waals surface area (Å²) in [4.78, 5) is 14.4. The fraction of sp³-hybridized carbons (Fsp3) is 0.400. The lowest BCUT2D eigenvalue weighted by Crippen LogP contribution is -2.10. The fourth-order valence-corrected chi connectivity index (χ4v) is 1.50. The van der Waals surface area contributed by atoms with Crippen molar-refractivity contribution >= 4 is 17.6 Å². The topological polar surface area (TPSA) is 39.2 Å². The largest absolute Gasteiger partial charge is 0.469 e. The highest BCUT2D eigenvalue weighted by atomic mass is 35.5. The van der Waals surface area contributed by atoms with E-state index >= 15 is 0 Å². The number of aromatic nitrogens is 1. The fourth-order valence-electron chi connectivity index (χ4n) is 1.23. The van der Waals surface area contributed by atoms with E-state index in [9.17, 15) is 18.0 Å². The number of nitrogens with zero attached hydrogens (tertiary/aromatic N) is 1. The number of carbonyl (C=O) groups is 1. The van der Waals surface area contributed by atoms with Gasteiger partial charge < -0.3 is 4.74 Å². The predicted octanol–water partition coefficient (Wildman–Crippen LogP) is 2.61. The quantitative estimate of drug-likeness (QED) is 0.622. The number of rotatable bonds is 4. The van der Waals surface area contributed by atoms with E-state index in [4.69, 9.17) is 11.6 Å². The van der Waals surface area contributed by atoms with Gasteiger partial charge in [0.25, 0.3) is 6.43 Å². The van der Waals surface area contributed by atoms with Crippen LogP contribution in [0.15, 0.2) is 6.07 Å². The Kier molecular flexibility index (Phi) is 4.74. The van der Waals surface area contributed by atoms with Crippen LogP contribution in [0.4, 0.5) is 13.2 Å². The van der Waals surface area contributed by atoms with Crippen molar-refractivity contribution in [2.75, 3.05) is 7.11 Å². The maximum atomic E-state index is 13.4. The number of halogens is 4. The number of pyridine rings is 1. The second kappa shape index (κ2) is 5.86. The van der Waals surface area contributed by atoms with Crippen molar-refractivity contribution in [3.63, 3.8) is 0 Å². The molecule has 94 valence electrons. The van der Waals surface area contributed by atoms with E-state index in [1.54, 1.807) is 0 Å². The number of ether oxygens (including phenoxy) is 1. The smallest absolute Gasteiger partial charge is 0.311 e.